The van der Waals surface area contributed by atoms with Crippen LogP contribution in [0.3, 0.4) is 0 Å². The van der Waals surface area contributed by atoms with Crippen molar-refractivity contribution < 1.29 is 17.9 Å². The molecule has 0 aliphatic carbocycles. The minimum absolute atomic E-state index is 0.0804. The Balaban J connectivity index is 2.15. The lowest BCUT2D eigenvalue weighted by Gasteiger charge is -2.17. The van der Waals surface area contributed by atoms with Crippen molar-refractivity contribution >= 4 is 22.8 Å². The summed E-state index contributed by atoms with van der Waals surface area (Å²) in [4.78, 5) is 18.7. The zero-order valence-electron chi connectivity index (χ0n) is 15.8. The van der Waals surface area contributed by atoms with E-state index in [0.717, 1.165) is 12.1 Å². The Labute approximate surface area is 174 Å². The van der Waals surface area contributed by atoms with E-state index in [1.54, 1.807) is 19.9 Å². The van der Waals surface area contributed by atoms with Gasteiger partial charge in [-0.2, -0.15) is 13.2 Å². The smallest absolute Gasteiger partial charge is 0.416 e. The molecule has 0 saturated carbocycles. The van der Waals surface area contributed by atoms with Gasteiger partial charge in [0.05, 0.1) is 11.1 Å². The monoisotopic (exact) mass is 439 g/mol. The van der Waals surface area contributed by atoms with Gasteiger partial charge in [0.25, 0.3) is 5.56 Å². The second kappa shape index (κ2) is 8.33. The van der Waals surface area contributed by atoms with Crippen LogP contribution in [0.25, 0.3) is 11.1 Å². The van der Waals surface area contributed by atoms with Crippen molar-refractivity contribution in [2.24, 2.45) is 15.8 Å². The fourth-order valence-corrected chi connectivity index (χ4v) is 2.87. The van der Waals surface area contributed by atoms with Crippen LogP contribution in [0.5, 0.6) is 5.75 Å². The van der Waals surface area contributed by atoms with Crippen molar-refractivity contribution in [2.75, 3.05) is 0 Å². The Morgan fingerprint density at radius 3 is 2.63 bits per heavy atom. The minimum atomic E-state index is -4.61. The normalized spacial score (nSPS) is 17.2. The maximum absolute atomic E-state index is 13.3. The Kier molecular flexibility index (Phi) is 5.99. The molecule has 4 N–H and O–H groups in total. The van der Waals surface area contributed by atoms with Gasteiger partial charge < -0.3 is 15.5 Å². The number of nitrogens with one attached hydrogen (secondary N) is 2. The second-order valence-corrected chi connectivity index (χ2v) is 6.88. The molecule has 158 valence electrons. The molecule has 11 heteroatoms. The predicted octanol–water partition coefficient (Wildman–Crippen LogP) is 3.49. The summed E-state index contributed by atoms with van der Waals surface area (Å²) < 4.78 is 45.6. The van der Waals surface area contributed by atoms with Gasteiger partial charge in [-0.25, -0.2) is 10.4 Å². The SMILES string of the molecule is CC1=CC(N)N=C(Cl)NN=C1Oc1cc(C(F)(F)F)ccc1-c1cc(C)c[nH]c1=O. The number of hydrogen-bond acceptors (Lipinski definition) is 6. The number of alkyl halides is 3. The first-order chi connectivity index (χ1) is 14.0. The quantitative estimate of drug-likeness (QED) is 0.623. The van der Waals surface area contributed by atoms with Crippen molar-refractivity contribution in [1.82, 2.24) is 10.4 Å². The van der Waals surface area contributed by atoms with Crippen LogP contribution in [-0.4, -0.2) is 22.3 Å². The third-order valence-electron chi connectivity index (χ3n) is 4.12. The lowest BCUT2D eigenvalue weighted by molar-refractivity contribution is -0.137. The molecule has 1 aliphatic rings. The average Bonchev–Trinajstić information content (AvgIpc) is 2.65. The molecule has 0 fully saturated rings. The lowest BCUT2D eigenvalue weighted by Crippen LogP contribution is -2.27. The van der Waals surface area contributed by atoms with Crippen molar-refractivity contribution in [1.29, 1.82) is 0 Å². The molecule has 1 aliphatic heterocycles. The number of aromatic nitrogens is 1. The van der Waals surface area contributed by atoms with E-state index in [-0.39, 0.29) is 28.1 Å². The van der Waals surface area contributed by atoms with Gasteiger partial charge in [-0.15, -0.1) is 5.10 Å². The molecule has 0 bridgehead atoms. The average molecular weight is 440 g/mol. The molecule has 1 unspecified atom stereocenters. The summed E-state index contributed by atoms with van der Waals surface area (Å²) in [5.74, 6) is -0.292. The second-order valence-electron chi connectivity index (χ2n) is 6.52. The number of hydrazone groups is 1. The van der Waals surface area contributed by atoms with Gasteiger partial charge >= 0.3 is 6.18 Å². The number of nitrogens with zero attached hydrogens (tertiary/aromatic N) is 2. The number of aromatic amines is 1. The van der Waals surface area contributed by atoms with Crippen molar-refractivity contribution in [3.8, 4) is 16.9 Å². The Hall–Kier alpha value is -3.11. The highest BCUT2D eigenvalue weighted by Crippen LogP contribution is 2.37. The standard InChI is InChI=1S/C19H17ClF3N5O2/c1-9-5-13(16(29)25-8-9)12-4-3-11(19(21,22)23)7-14(12)30-17-10(2)6-15(24)26-18(20)28-27-17/h3-8,15H,24H2,1-2H3,(H,25,29)(H,26,28). The number of nitrogens with two attached hydrogens (primary N) is 1. The summed E-state index contributed by atoms with van der Waals surface area (Å²) in [5.41, 5.74) is 8.20. The van der Waals surface area contributed by atoms with E-state index >= 15 is 0 Å². The maximum atomic E-state index is 13.3. The molecule has 0 amide bonds. The van der Waals surface area contributed by atoms with Gasteiger partial charge in [0.1, 0.15) is 11.9 Å². The van der Waals surface area contributed by atoms with Crippen LogP contribution in [0.2, 0.25) is 0 Å². The molecule has 0 spiro atoms. The molecule has 30 heavy (non-hydrogen) atoms. The van der Waals surface area contributed by atoms with Gasteiger partial charge in [-0.3, -0.25) is 4.79 Å². The lowest BCUT2D eigenvalue weighted by atomic mass is 10.0. The van der Waals surface area contributed by atoms with E-state index < -0.39 is 23.5 Å². The zero-order valence-corrected chi connectivity index (χ0v) is 16.6. The number of hydrogen-bond donors (Lipinski definition) is 3. The molecule has 0 saturated heterocycles. The fraction of sp³-hybridized carbons (Fsp3) is 0.211. The highest BCUT2D eigenvalue weighted by Gasteiger charge is 2.32. The van der Waals surface area contributed by atoms with E-state index in [0.29, 0.717) is 11.1 Å². The maximum Gasteiger partial charge on any atom is 0.416 e. The third kappa shape index (κ3) is 4.89. The number of halogens is 4. The molecule has 2 aromatic rings. The predicted molar refractivity (Wildman–Crippen MR) is 108 cm³/mol. The van der Waals surface area contributed by atoms with Gasteiger partial charge in [0.15, 0.2) is 0 Å². The van der Waals surface area contributed by atoms with E-state index in [1.165, 1.54) is 18.3 Å². The summed E-state index contributed by atoms with van der Waals surface area (Å²) >= 11 is 5.83. The molecule has 0 radical (unpaired) electrons. The molecular formula is C19H17ClF3N5O2. The summed E-state index contributed by atoms with van der Waals surface area (Å²) in [6.07, 6.45) is -2.44. The van der Waals surface area contributed by atoms with Crippen LogP contribution in [-0.2, 0) is 6.18 Å². The van der Waals surface area contributed by atoms with Crippen LogP contribution in [0.15, 0.2) is 57.0 Å². The van der Waals surface area contributed by atoms with Crippen molar-refractivity contribution in [3.05, 3.63) is 63.6 Å². The number of rotatable bonds is 2. The van der Waals surface area contributed by atoms with Crippen LogP contribution >= 0.6 is 11.6 Å². The topological polar surface area (TPSA) is 105 Å². The molecule has 1 atom stereocenters. The number of ether oxygens (including phenoxy) is 1. The molecule has 1 aromatic carbocycles. The first-order valence-electron chi connectivity index (χ1n) is 8.65. The fourth-order valence-electron chi connectivity index (χ4n) is 2.71. The van der Waals surface area contributed by atoms with Crippen LogP contribution < -0.4 is 21.5 Å². The number of amidine groups is 1. The van der Waals surface area contributed by atoms with Gasteiger partial charge in [0.2, 0.25) is 11.2 Å². The summed E-state index contributed by atoms with van der Waals surface area (Å²) in [6.45, 7) is 3.34. The first kappa shape index (κ1) is 21.6. The summed E-state index contributed by atoms with van der Waals surface area (Å²) in [7, 11) is 0. The highest BCUT2D eigenvalue weighted by molar-refractivity contribution is 6.64. The van der Waals surface area contributed by atoms with Gasteiger partial charge in [0, 0.05) is 17.3 Å². The number of benzene rings is 1. The van der Waals surface area contributed by atoms with Gasteiger partial charge in [-0.1, -0.05) is 0 Å². The Morgan fingerprint density at radius 2 is 1.93 bits per heavy atom. The Bertz CT molecular complexity index is 1120. The van der Waals surface area contributed by atoms with Crippen LogP contribution in [0.1, 0.15) is 18.1 Å². The van der Waals surface area contributed by atoms with Gasteiger partial charge in [-0.05, 0) is 61.4 Å². The summed E-state index contributed by atoms with van der Waals surface area (Å²) in [5, 5.41) is 3.81. The molecular weight excluding hydrogens is 423 g/mol. The van der Waals surface area contributed by atoms with E-state index in [4.69, 9.17) is 22.1 Å². The highest BCUT2D eigenvalue weighted by atomic mass is 35.5. The van der Waals surface area contributed by atoms with Crippen molar-refractivity contribution in [3.63, 3.8) is 0 Å². The zero-order chi connectivity index (χ0) is 22.1. The summed E-state index contributed by atoms with van der Waals surface area (Å²) in [6, 6.07) is 4.42. The molecule has 2 heterocycles. The first-order valence-corrected chi connectivity index (χ1v) is 9.02. The number of pyridine rings is 1. The van der Waals surface area contributed by atoms with E-state index in [9.17, 15) is 18.0 Å². The third-order valence-corrected chi connectivity index (χ3v) is 4.31. The van der Waals surface area contributed by atoms with Crippen LogP contribution in [0, 0.1) is 6.92 Å². The molecule has 1 aromatic heterocycles. The van der Waals surface area contributed by atoms with E-state index in [1.807, 2.05) is 0 Å². The largest absolute Gasteiger partial charge is 0.437 e. The van der Waals surface area contributed by atoms with Crippen molar-refractivity contribution in [2.45, 2.75) is 26.2 Å². The molecule has 3 rings (SSSR count). The minimum Gasteiger partial charge on any atom is -0.437 e. The number of aliphatic imine (C=N–C) groups is 1. The number of H-pyrrole nitrogens is 1. The molecule has 7 nitrogen and oxygen atoms in total. The number of aryl methyl sites for hydroxylation is 1. The Morgan fingerprint density at radius 1 is 1.20 bits per heavy atom. The van der Waals surface area contributed by atoms with E-state index in [2.05, 4.69) is 20.5 Å². The van der Waals surface area contributed by atoms with Crippen LogP contribution in [0.4, 0.5) is 13.2 Å².